The number of aromatic nitrogens is 1. The number of halogens is 3. The van der Waals surface area contributed by atoms with Gasteiger partial charge in [0.1, 0.15) is 17.7 Å². The molecule has 10 heteroatoms. The van der Waals surface area contributed by atoms with Crippen molar-refractivity contribution < 1.29 is 18.7 Å². The van der Waals surface area contributed by atoms with E-state index in [-0.39, 0.29) is 17.9 Å². The van der Waals surface area contributed by atoms with Crippen molar-refractivity contribution in [2.24, 2.45) is 0 Å². The molecule has 1 fully saturated rings. The Hall–Kier alpha value is -1.84. The van der Waals surface area contributed by atoms with Crippen molar-refractivity contribution in [3.63, 3.8) is 0 Å². The molecule has 0 aliphatic carbocycles. The largest absolute Gasteiger partial charge is 0.489 e. The maximum atomic E-state index is 13.5. The summed E-state index contributed by atoms with van der Waals surface area (Å²) in [6.07, 6.45) is 3.84. The summed E-state index contributed by atoms with van der Waals surface area (Å²) in [5.41, 5.74) is 0.930. The normalized spacial score (nSPS) is 16.7. The summed E-state index contributed by atoms with van der Waals surface area (Å²) in [6, 6.07) is 4.47. The van der Waals surface area contributed by atoms with Gasteiger partial charge in [0.05, 0.1) is 40.2 Å². The fraction of sp³-hybridized carbons (Fsp3) is 0.429. The van der Waals surface area contributed by atoms with Gasteiger partial charge in [-0.3, -0.25) is 4.79 Å². The number of rotatable bonds is 6. The van der Waals surface area contributed by atoms with Crippen LogP contribution >= 0.6 is 38.9 Å². The summed E-state index contributed by atoms with van der Waals surface area (Å²) < 4.78 is 25.0. The van der Waals surface area contributed by atoms with E-state index in [0.29, 0.717) is 30.3 Å². The minimum atomic E-state index is -0.311. The smallest absolute Gasteiger partial charge is 0.307 e. The number of ether oxygens (including phenoxy) is 2. The molecule has 0 amide bonds. The number of carbonyl (C=O) groups excluding carboxylic acids is 1. The van der Waals surface area contributed by atoms with E-state index in [1.807, 2.05) is 11.1 Å². The first-order chi connectivity index (χ1) is 14.9. The van der Waals surface area contributed by atoms with E-state index in [4.69, 9.17) is 26.1 Å². The monoisotopic (exact) mass is 529 g/mol. The van der Waals surface area contributed by atoms with Crippen LogP contribution in [-0.4, -0.2) is 48.7 Å². The number of benzene rings is 1. The van der Waals surface area contributed by atoms with E-state index in [1.165, 1.54) is 19.2 Å². The van der Waals surface area contributed by atoms with Crippen LogP contribution in [0, 0.1) is 5.82 Å². The number of hydrogen-bond donors (Lipinski definition) is 0. The molecule has 0 N–H and O–H groups in total. The Labute approximate surface area is 197 Å². The Morgan fingerprint density at radius 1 is 1.39 bits per heavy atom. The topological polar surface area (TPSA) is 54.9 Å². The van der Waals surface area contributed by atoms with Crippen LogP contribution < -0.4 is 9.64 Å². The molecule has 0 atom stereocenters. The van der Waals surface area contributed by atoms with Crippen LogP contribution in [0.3, 0.4) is 0 Å². The molecule has 2 aliphatic heterocycles. The summed E-state index contributed by atoms with van der Waals surface area (Å²) >= 11 is 11.5. The molecule has 31 heavy (non-hydrogen) atoms. The lowest BCUT2D eigenvalue weighted by molar-refractivity contribution is -0.140. The van der Waals surface area contributed by atoms with E-state index in [2.05, 4.69) is 20.8 Å². The molecule has 166 valence electrons. The lowest BCUT2D eigenvalue weighted by Gasteiger charge is -2.32. The molecular weight excluding hydrogens is 509 g/mol. The predicted octanol–water partition coefficient (Wildman–Crippen LogP) is 5.01. The van der Waals surface area contributed by atoms with E-state index in [9.17, 15) is 9.18 Å². The van der Waals surface area contributed by atoms with Crippen LogP contribution in [0.5, 0.6) is 5.75 Å². The molecule has 4 rings (SSSR count). The molecule has 0 bridgehead atoms. The molecule has 0 saturated carbocycles. The number of anilines is 1. The second-order valence-electron chi connectivity index (χ2n) is 7.42. The molecule has 0 radical (unpaired) electrons. The molecule has 1 aromatic carbocycles. The first kappa shape index (κ1) is 22.4. The Bertz CT molecular complexity index is 994. The lowest BCUT2D eigenvalue weighted by Crippen LogP contribution is -2.38. The van der Waals surface area contributed by atoms with Crippen LogP contribution in [0.25, 0.3) is 5.03 Å². The maximum absolute atomic E-state index is 13.5. The van der Waals surface area contributed by atoms with Crippen molar-refractivity contribution in [1.29, 1.82) is 0 Å². The minimum absolute atomic E-state index is 0.0289. The van der Waals surface area contributed by atoms with Crippen molar-refractivity contribution in [2.75, 3.05) is 31.6 Å². The number of hydrogen-bond acceptors (Lipinski definition) is 7. The van der Waals surface area contributed by atoms with Crippen LogP contribution in [0.15, 0.2) is 28.9 Å². The van der Waals surface area contributed by atoms with Gasteiger partial charge in [-0.2, -0.15) is 0 Å². The SMILES string of the molecule is COC(=O)CCN1C=C(Cl)c2sc(N3CCC(Oc4cc(F)ccc4Br)CC3)nc2C1. The summed E-state index contributed by atoms with van der Waals surface area (Å²) in [7, 11) is 1.39. The van der Waals surface area contributed by atoms with Crippen LogP contribution in [0.1, 0.15) is 29.8 Å². The van der Waals surface area contributed by atoms with Gasteiger partial charge >= 0.3 is 5.97 Å². The van der Waals surface area contributed by atoms with Gasteiger partial charge in [-0.1, -0.05) is 22.9 Å². The summed E-state index contributed by atoms with van der Waals surface area (Å²) in [5, 5.41) is 1.58. The zero-order valence-electron chi connectivity index (χ0n) is 16.9. The number of carbonyl (C=O) groups is 1. The average Bonchev–Trinajstić information content (AvgIpc) is 3.20. The van der Waals surface area contributed by atoms with Gasteiger partial charge in [0.15, 0.2) is 5.13 Å². The number of nitrogens with zero attached hydrogens (tertiary/aromatic N) is 3. The Morgan fingerprint density at radius 2 is 2.16 bits per heavy atom. The van der Waals surface area contributed by atoms with Gasteiger partial charge in [0.2, 0.25) is 0 Å². The van der Waals surface area contributed by atoms with Crippen molar-refractivity contribution in [3.8, 4) is 5.75 Å². The Morgan fingerprint density at radius 3 is 2.90 bits per heavy atom. The van der Waals surface area contributed by atoms with E-state index < -0.39 is 0 Å². The lowest BCUT2D eigenvalue weighted by atomic mass is 10.1. The van der Waals surface area contributed by atoms with Gasteiger partial charge in [0, 0.05) is 44.7 Å². The molecule has 2 aromatic rings. The molecule has 6 nitrogen and oxygen atoms in total. The molecular formula is C21H22BrClFN3O3S. The van der Waals surface area contributed by atoms with E-state index in [0.717, 1.165) is 46.1 Å². The van der Waals surface area contributed by atoms with Crippen LogP contribution in [-0.2, 0) is 16.1 Å². The van der Waals surface area contributed by atoms with Crippen molar-refractivity contribution in [3.05, 3.63) is 45.3 Å². The van der Waals surface area contributed by atoms with Crippen molar-refractivity contribution in [2.45, 2.75) is 31.9 Å². The highest BCUT2D eigenvalue weighted by Crippen LogP contribution is 2.38. The molecule has 2 aliphatic rings. The van der Waals surface area contributed by atoms with E-state index in [1.54, 1.807) is 17.4 Å². The van der Waals surface area contributed by atoms with Gasteiger partial charge in [-0.15, -0.1) is 0 Å². The molecule has 0 unspecified atom stereocenters. The maximum Gasteiger partial charge on any atom is 0.307 e. The first-order valence-electron chi connectivity index (χ1n) is 9.98. The number of esters is 1. The third-order valence-corrected chi connectivity index (χ3v) is 7.53. The zero-order valence-corrected chi connectivity index (χ0v) is 20.1. The second kappa shape index (κ2) is 9.75. The third-order valence-electron chi connectivity index (χ3n) is 5.28. The highest BCUT2D eigenvalue weighted by Gasteiger charge is 2.27. The van der Waals surface area contributed by atoms with Crippen LogP contribution in [0.4, 0.5) is 9.52 Å². The third kappa shape index (κ3) is 5.32. The Balaban J connectivity index is 1.36. The number of fused-ring (bicyclic) bond motifs is 1. The fourth-order valence-electron chi connectivity index (χ4n) is 3.62. The van der Waals surface area contributed by atoms with Gasteiger partial charge < -0.3 is 19.3 Å². The molecule has 1 saturated heterocycles. The number of thiazole rings is 1. The predicted molar refractivity (Wildman–Crippen MR) is 123 cm³/mol. The average molecular weight is 531 g/mol. The molecule has 0 spiro atoms. The van der Waals surface area contributed by atoms with Crippen molar-refractivity contribution >= 4 is 55.0 Å². The summed E-state index contributed by atoms with van der Waals surface area (Å²) in [5.74, 6) is -0.0219. The quantitative estimate of drug-likeness (QED) is 0.490. The van der Waals surface area contributed by atoms with Gasteiger partial charge in [-0.05, 0) is 28.1 Å². The highest BCUT2D eigenvalue weighted by molar-refractivity contribution is 9.10. The van der Waals surface area contributed by atoms with Gasteiger partial charge in [-0.25, -0.2) is 9.37 Å². The number of methoxy groups -OCH3 is 1. The van der Waals surface area contributed by atoms with Crippen molar-refractivity contribution in [1.82, 2.24) is 9.88 Å². The standard InChI is InChI=1S/C21H22BrClFN3O3S/c1-29-19(28)6-7-26-11-16(23)20-17(12-26)25-21(31-20)27-8-4-14(5-9-27)30-18-10-13(24)2-3-15(18)22/h2-3,10-11,14H,4-9,12H2,1H3. The van der Waals surface area contributed by atoms with E-state index >= 15 is 0 Å². The first-order valence-corrected chi connectivity index (χ1v) is 12.0. The second-order valence-corrected chi connectivity index (χ2v) is 9.66. The highest BCUT2D eigenvalue weighted by atomic mass is 79.9. The fourth-order valence-corrected chi connectivity index (χ4v) is 5.35. The molecule has 1 aromatic heterocycles. The zero-order chi connectivity index (χ0) is 22.0. The van der Waals surface area contributed by atoms with Gasteiger partial charge in [0.25, 0.3) is 0 Å². The summed E-state index contributed by atoms with van der Waals surface area (Å²) in [4.78, 5) is 21.4. The van der Waals surface area contributed by atoms with Crippen LogP contribution in [0.2, 0.25) is 0 Å². The summed E-state index contributed by atoms with van der Waals surface area (Å²) in [6.45, 7) is 2.76. The number of piperidine rings is 1. The minimum Gasteiger partial charge on any atom is -0.489 e. The molecule has 3 heterocycles. The Kier molecular flexibility index (Phi) is 7.03.